The van der Waals surface area contributed by atoms with Crippen LogP contribution in [-0.4, -0.2) is 25.5 Å². The Morgan fingerprint density at radius 1 is 1.33 bits per heavy atom. The maximum Gasteiger partial charge on any atom is 0.127 e. The van der Waals surface area contributed by atoms with Crippen LogP contribution >= 0.6 is 11.9 Å². The minimum Gasteiger partial charge on any atom is -0.497 e. The van der Waals surface area contributed by atoms with Crippen LogP contribution in [0.4, 0.5) is 0 Å². The number of hydrogen-bond acceptors (Lipinski definition) is 5. The number of nitrogens with zero attached hydrogens (tertiary/aromatic N) is 2. The van der Waals surface area contributed by atoms with Crippen molar-refractivity contribution in [1.29, 1.82) is 0 Å². The second-order valence-electron chi connectivity index (χ2n) is 3.47. The van der Waals surface area contributed by atoms with Crippen molar-refractivity contribution in [1.82, 2.24) is 0 Å². The second kappa shape index (κ2) is 7.76. The average Bonchev–Trinajstić information content (AvgIpc) is 2.42. The van der Waals surface area contributed by atoms with Crippen molar-refractivity contribution in [3.05, 3.63) is 23.8 Å². The van der Waals surface area contributed by atoms with Gasteiger partial charge in [-0.25, -0.2) is 4.40 Å². The molecule has 98 valence electrons. The molecule has 0 saturated heterocycles. The van der Waals surface area contributed by atoms with Crippen LogP contribution in [0.15, 0.2) is 27.6 Å². The van der Waals surface area contributed by atoms with Crippen LogP contribution in [0.25, 0.3) is 0 Å². The first-order valence-corrected chi connectivity index (χ1v) is 6.35. The van der Waals surface area contributed by atoms with Crippen LogP contribution in [0.1, 0.15) is 19.4 Å². The Bertz CT molecular complexity index is 445. The molecular weight excluding hydrogens is 248 g/mol. The van der Waals surface area contributed by atoms with Gasteiger partial charge in [-0.2, -0.15) is 0 Å². The Morgan fingerprint density at radius 3 is 2.72 bits per heavy atom. The fourth-order valence-electron chi connectivity index (χ4n) is 1.34. The van der Waals surface area contributed by atoms with Gasteiger partial charge in [-0.3, -0.25) is 4.99 Å². The zero-order valence-electron chi connectivity index (χ0n) is 11.1. The Morgan fingerprint density at radius 2 is 2.11 bits per heavy atom. The molecule has 0 aliphatic rings. The maximum atomic E-state index is 5.32. The van der Waals surface area contributed by atoms with Crippen LogP contribution in [0.5, 0.6) is 11.5 Å². The zero-order chi connectivity index (χ0) is 13.4. The molecule has 5 heteroatoms. The molecule has 0 unspecified atom stereocenters. The van der Waals surface area contributed by atoms with E-state index in [1.165, 1.54) is 11.9 Å². The predicted octanol–water partition coefficient (Wildman–Crippen LogP) is 3.36. The predicted molar refractivity (Wildman–Crippen MR) is 78.1 cm³/mol. The summed E-state index contributed by atoms with van der Waals surface area (Å²) in [6.07, 6.45) is 1.75. The summed E-state index contributed by atoms with van der Waals surface area (Å²) >= 11 is 1.37. The molecule has 0 aromatic heterocycles. The highest BCUT2D eigenvalue weighted by atomic mass is 32.2. The summed E-state index contributed by atoms with van der Waals surface area (Å²) in [5.41, 5.74) is 1.03. The Balaban J connectivity index is 2.78. The van der Waals surface area contributed by atoms with E-state index in [0.717, 1.165) is 22.1 Å². The minimum atomic E-state index is 0.575. The average molecular weight is 266 g/mol. The van der Waals surface area contributed by atoms with Gasteiger partial charge in [-0.15, -0.1) is 0 Å². The van der Waals surface area contributed by atoms with Gasteiger partial charge in [0.05, 0.1) is 25.8 Å². The van der Waals surface area contributed by atoms with E-state index in [9.17, 15) is 0 Å². The van der Waals surface area contributed by atoms with Gasteiger partial charge >= 0.3 is 0 Å². The van der Waals surface area contributed by atoms with Gasteiger partial charge < -0.3 is 9.47 Å². The lowest BCUT2D eigenvalue weighted by Gasteiger charge is -2.08. The normalized spacial score (nSPS) is 11.9. The molecule has 0 fully saturated rings. The fourth-order valence-corrected chi connectivity index (χ4v) is 1.72. The monoisotopic (exact) mass is 266 g/mol. The summed E-state index contributed by atoms with van der Waals surface area (Å²) in [7, 11) is 3.28. The zero-order valence-corrected chi connectivity index (χ0v) is 12.0. The number of benzene rings is 1. The molecule has 0 atom stereocenters. The van der Waals surface area contributed by atoms with E-state index >= 15 is 0 Å². The van der Waals surface area contributed by atoms with E-state index in [-0.39, 0.29) is 0 Å². The van der Waals surface area contributed by atoms with Crippen molar-refractivity contribution in [3.63, 3.8) is 0 Å². The molecular formula is C13H18N2O2S. The summed E-state index contributed by atoms with van der Waals surface area (Å²) in [6.45, 7) is 4.39. The highest BCUT2D eigenvalue weighted by Gasteiger charge is 2.04. The van der Waals surface area contributed by atoms with E-state index in [0.29, 0.717) is 6.54 Å². The van der Waals surface area contributed by atoms with E-state index in [4.69, 9.17) is 9.47 Å². The van der Waals surface area contributed by atoms with Crippen LogP contribution in [0, 0.1) is 0 Å². The van der Waals surface area contributed by atoms with E-state index in [2.05, 4.69) is 9.39 Å². The van der Waals surface area contributed by atoms with E-state index < -0.39 is 0 Å². The standard InChI is InChI=1S/C13H18N2O2S/c1-5-15-18-10(2)14-9-11-6-7-12(16-3)8-13(11)17-4/h5-8H,9H2,1-4H3. The third-order valence-electron chi connectivity index (χ3n) is 2.26. The third-order valence-corrected chi connectivity index (χ3v) is 2.97. The molecule has 0 saturated carbocycles. The molecule has 0 bridgehead atoms. The lowest BCUT2D eigenvalue weighted by atomic mass is 10.2. The van der Waals surface area contributed by atoms with Crippen molar-refractivity contribution < 1.29 is 9.47 Å². The van der Waals surface area contributed by atoms with Crippen LogP contribution < -0.4 is 9.47 Å². The molecule has 18 heavy (non-hydrogen) atoms. The van der Waals surface area contributed by atoms with E-state index in [1.54, 1.807) is 20.4 Å². The number of methoxy groups -OCH3 is 2. The van der Waals surface area contributed by atoms with Crippen molar-refractivity contribution >= 4 is 23.2 Å². The molecule has 0 aliphatic carbocycles. The largest absolute Gasteiger partial charge is 0.497 e. The number of aliphatic imine (C=N–C) groups is 1. The molecule has 1 aromatic rings. The number of rotatable bonds is 5. The molecule has 0 spiro atoms. The summed E-state index contributed by atoms with van der Waals surface area (Å²) in [5, 5.41) is 0.922. The first-order chi connectivity index (χ1) is 8.71. The van der Waals surface area contributed by atoms with Crippen molar-refractivity contribution in [3.8, 4) is 11.5 Å². The maximum absolute atomic E-state index is 5.32. The van der Waals surface area contributed by atoms with Crippen LogP contribution in [0.3, 0.4) is 0 Å². The Kier molecular flexibility index (Phi) is 6.28. The summed E-state index contributed by atoms with van der Waals surface area (Å²) < 4.78 is 14.5. The lowest BCUT2D eigenvalue weighted by Crippen LogP contribution is -1.94. The summed E-state index contributed by atoms with van der Waals surface area (Å²) in [5.74, 6) is 1.57. The molecule has 0 aliphatic heterocycles. The van der Waals surface area contributed by atoms with Gasteiger partial charge in [0.25, 0.3) is 0 Å². The SMILES string of the molecule is CC=NSC(C)=NCc1ccc(OC)cc1OC. The van der Waals surface area contributed by atoms with Gasteiger partial charge in [0.2, 0.25) is 0 Å². The lowest BCUT2D eigenvalue weighted by molar-refractivity contribution is 0.391. The van der Waals surface area contributed by atoms with Gasteiger partial charge in [0.1, 0.15) is 11.5 Å². The molecule has 0 N–H and O–H groups in total. The Labute approximate surface area is 112 Å². The molecule has 0 amide bonds. The molecule has 0 heterocycles. The third kappa shape index (κ3) is 4.41. The quantitative estimate of drug-likeness (QED) is 0.466. The highest BCUT2D eigenvalue weighted by Crippen LogP contribution is 2.25. The van der Waals surface area contributed by atoms with Crippen molar-refractivity contribution in [2.45, 2.75) is 20.4 Å². The van der Waals surface area contributed by atoms with Gasteiger partial charge in [0, 0.05) is 29.8 Å². The van der Waals surface area contributed by atoms with Crippen LogP contribution in [0.2, 0.25) is 0 Å². The van der Waals surface area contributed by atoms with E-state index in [1.807, 2.05) is 32.0 Å². The minimum absolute atomic E-state index is 0.575. The molecule has 4 nitrogen and oxygen atoms in total. The molecule has 0 radical (unpaired) electrons. The molecule has 1 aromatic carbocycles. The highest BCUT2D eigenvalue weighted by molar-refractivity contribution is 8.12. The summed E-state index contributed by atoms with van der Waals surface area (Å²) in [4.78, 5) is 4.44. The Hall–Kier alpha value is -1.49. The number of hydrogen-bond donors (Lipinski definition) is 0. The first-order valence-electron chi connectivity index (χ1n) is 5.58. The topological polar surface area (TPSA) is 43.2 Å². The van der Waals surface area contributed by atoms with Gasteiger partial charge in [-0.05, 0) is 26.0 Å². The number of ether oxygens (including phenoxy) is 2. The van der Waals surface area contributed by atoms with Crippen LogP contribution in [-0.2, 0) is 6.54 Å². The summed E-state index contributed by atoms with van der Waals surface area (Å²) in [6, 6.07) is 5.72. The van der Waals surface area contributed by atoms with Gasteiger partial charge in [0.15, 0.2) is 0 Å². The molecule has 1 rings (SSSR count). The first kappa shape index (κ1) is 14.6. The van der Waals surface area contributed by atoms with Crippen molar-refractivity contribution in [2.75, 3.05) is 14.2 Å². The van der Waals surface area contributed by atoms with Gasteiger partial charge in [-0.1, -0.05) is 0 Å². The van der Waals surface area contributed by atoms with Crippen molar-refractivity contribution in [2.24, 2.45) is 9.39 Å². The smallest absolute Gasteiger partial charge is 0.127 e. The second-order valence-corrected chi connectivity index (χ2v) is 4.45. The fraction of sp³-hybridized carbons (Fsp3) is 0.385.